The summed E-state index contributed by atoms with van der Waals surface area (Å²) in [4.78, 5) is 0. The second kappa shape index (κ2) is 7.76. The third kappa shape index (κ3) is 5.06. The van der Waals surface area contributed by atoms with E-state index >= 15 is 0 Å². The number of ether oxygens (including phenoxy) is 2. The van der Waals surface area contributed by atoms with E-state index in [0.717, 1.165) is 10.7 Å². The first-order valence-corrected chi connectivity index (χ1v) is 9.68. The van der Waals surface area contributed by atoms with Crippen molar-refractivity contribution in [1.29, 1.82) is 0 Å². The average Bonchev–Trinajstić information content (AvgIpc) is 3.12. The molecule has 0 saturated carbocycles. The van der Waals surface area contributed by atoms with Crippen molar-refractivity contribution >= 4 is 10.1 Å². The molecule has 29 heavy (non-hydrogen) atoms. The van der Waals surface area contributed by atoms with E-state index in [9.17, 15) is 21.6 Å². The van der Waals surface area contributed by atoms with Crippen LogP contribution in [0.3, 0.4) is 0 Å². The van der Waals surface area contributed by atoms with Gasteiger partial charge >= 0.3 is 16.3 Å². The van der Waals surface area contributed by atoms with E-state index in [1.807, 2.05) is 0 Å². The highest BCUT2D eigenvalue weighted by molar-refractivity contribution is 7.85. The number of alkyl halides is 3. The van der Waals surface area contributed by atoms with E-state index in [2.05, 4.69) is 5.10 Å². The lowest BCUT2D eigenvalue weighted by molar-refractivity contribution is -0.141. The van der Waals surface area contributed by atoms with Gasteiger partial charge in [0.15, 0.2) is 5.69 Å². The highest BCUT2D eigenvalue weighted by Gasteiger charge is 2.35. The van der Waals surface area contributed by atoms with Crippen LogP contribution in [-0.4, -0.2) is 35.8 Å². The summed E-state index contributed by atoms with van der Waals surface area (Å²) in [5.74, 6) is -0.272. The van der Waals surface area contributed by atoms with Crippen LogP contribution >= 0.6 is 0 Å². The Kier molecular flexibility index (Phi) is 5.53. The van der Waals surface area contributed by atoms with Gasteiger partial charge in [-0.15, -0.1) is 0 Å². The zero-order valence-corrected chi connectivity index (χ0v) is 15.7. The third-order valence-electron chi connectivity index (χ3n) is 3.84. The van der Waals surface area contributed by atoms with E-state index < -0.39 is 27.9 Å². The molecule has 0 aliphatic rings. The Morgan fingerprint density at radius 3 is 2.14 bits per heavy atom. The first-order valence-electron chi connectivity index (χ1n) is 8.07. The Balaban J connectivity index is 2.00. The number of aromatic nitrogens is 2. The molecule has 0 bridgehead atoms. The smallest absolute Gasteiger partial charge is 0.435 e. The quantitative estimate of drug-likeness (QED) is 0.601. The van der Waals surface area contributed by atoms with Crippen LogP contribution in [0.15, 0.2) is 54.6 Å². The molecule has 1 aromatic heterocycles. The van der Waals surface area contributed by atoms with E-state index in [1.54, 1.807) is 24.3 Å². The van der Waals surface area contributed by atoms with Gasteiger partial charge in [-0.2, -0.15) is 26.7 Å². The number of hydrogen-bond donors (Lipinski definition) is 1. The van der Waals surface area contributed by atoms with Gasteiger partial charge in [-0.1, -0.05) is 0 Å². The van der Waals surface area contributed by atoms with Gasteiger partial charge in [-0.25, -0.2) is 4.68 Å². The summed E-state index contributed by atoms with van der Waals surface area (Å²) in [6.45, 7) is 0. The Hall–Kier alpha value is -3.05. The Morgan fingerprint density at radius 2 is 1.62 bits per heavy atom. The van der Waals surface area contributed by atoms with Gasteiger partial charge in [-0.3, -0.25) is 4.55 Å². The Morgan fingerprint density at radius 1 is 1.03 bits per heavy atom. The minimum Gasteiger partial charge on any atom is -0.497 e. The molecule has 7 nitrogen and oxygen atoms in total. The summed E-state index contributed by atoms with van der Waals surface area (Å²) < 4.78 is 80.9. The van der Waals surface area contributed by atoms with Crippen molar-refractivity contribution in [2.45, 2.75) is 6.18 Å². The molecule has 0 atom stereocenters. The van der Waals surface area contributed by atoms with Crippen LogP contribution < -0.4 is 9.47 Å². The van der Waals surface area contributed by atoms with E-state index in [-0.39, 0.29) is 11.4 Å². The van der Waals surface area contributed by atoms with Gasteiger partial charge in [0.2, 0.25) is 5.94 Å². The molecule has 0 saturated heterocycles. The van der Waals surface area contributed by atoms with Crippen molar-refractivity contribution in [3.63, 3.8) is 0 Å². The summed E-state index contributed by atoms with van der Waals surface area (Å²) in [5.41, 5.74) is -0.107. The summed E-state index contributed by atoms with van der Waals surface area (Å²) in [5, 5.41) is 3.68. The van der Waals surface area contributed by atoms with E-state index in [0.29, 0.717) is 17.0 Å². The van der Waals surface area contributed by atoms with Crippen LogP contribution in [0.2, 0.25) is 0 Å². The molecule has 2 aromatic carbocycles. The lowest BCUT2D eigenvalue weighted by atomic mass is 10.1. The van der Waals surface area contributed by atoms with Crippen molar-refractivity contribution < 1.29 is 35.6 Å². The van der Waals surface area contributed by atoms with Crippen molar-refractivity contribution in [2.75, 3.05) is 13.0 Å². The van der Waals surface area contributed by atoms with Gasteiger partial charge in [0, 0.05) is 5.56 Å². The largest absolute Gasteiger partial charge is 0.497 e. The van der Waals surface area contributed by atoms with Crippen LogP contribution in [0.5, 0.6) is 11.5 Å². The lowest BCUT2D eigenvalue weighted by Gasteiger charge is -2.09. The number of nitrogens with zero attached hydrogens (tertiary/aromatic N) is 2. The molecule has 3 rings (SSSR count). The average molecular weight is 428 g/mol. The standard InChI is InChI=1S/C18H15F3N2O5S/c1-27-14-8-4-13(5-9-14)23-16(10-17(22-23)18(19,20)21)12-2-6-15(7-3-12)28-11-29(24,25)26/h2-10H,11H2,1H3,(H,24,25,26). The number of methoxy groups -OCH3 is 1. The van der Waals surface area contributed by atoms with E-state index in [4.69, 9.17) is 14.0 Å². The summed E-state index contributed by atoms with van der Waals surface area (Å²) in [6, 6.07) is 12.9. The minimum atomic E-state index is -4.63. The normalized spacial score (nSPS) is 12.0. The number of benzene rings is 2. The topological polar surface area (TPSA) is 90.7 Å². The van der Waals surface area contributed by atoms with Crippen molar-refractivity contribution in [3.8, 4) is 28.4 Å². The van der Waals surface area contributed by atoms with Crippen LogP contribution in [-0.2, 0) is 16.3 Å². The lowest BCUT2D eigenvalue weighted by Crippen LogP contribution is -2.10. The van der Waals surface area contributed by atoms with Gasteiger partial charge in [-0.05, 0) is 54.6 Å². The fraction of sp³-hybridized carbons (Fsp3) is 0.167. The van der Waals surface area contributed by atoms with Crippen LogP contribution in [0.25, 0.3) is 16.9 Å². The van der Waals surface area contributed by atoms with Crippen molar-refractivity contribution in [3.05, 3.63) is 60.3 Å². The predicted molar refractivity (Wildman–Crippen MR) is 97.6 cm³/mol. The maximum atomic E-state index is 13.2. The van der Waals surface area contributed by atoms with Crippen molar-refractivity contribution in [2.24, 2.45) is 0 Å². The molecule has 0 spiro atoms. The molecule has 0 unspecified atom stereocenters. The molecule has 0 amide bonds. The fourth-order valence-corrected chi connectivity index (χ4v) is 2.79. The first-order chi connectivity index (χ1) is 13.6. The molecule has 0 aliphatic heterocycles. The number of halogens is 3. The number of rotatable bonds is 6. The molecule has 0 radical (unpaired) electrons. The first kappa shape index (κ1) is 20.7. The van der Waals surface area contributed by atoms with Gasteiger partial charge in [0.05, 0.1) is 18.5 Å². The van der Waals surface area contributed by atoms with Crippen LogP contribution in [0.1, 0.15) is 5.69 Å². The summed E-state index contributed by atoms with van der Waals surface area (Å²) in [6.07, 6.45) is -4.63. The molecule has 1 heterocycles. The zero-order valence-electron chi connectivity index (χ0n) is 14.9. The van der Waals surface area contributed by atoms with Crippen LogP contribution in [0, 0.1) is 0 Å². The molecule has 154 valence electrons. The molecule has 1 N–H and O–H groups in total. The molecular formula is C18H15F3N2O5S. The van der Waals surface area contributed by atoms with Crippen molar-refractivity contribution in [1.82, 2.24) is 9.78 Å². The summed E-state index contributed by atoms with van der Waals surface area (Å²) >= 11 is 0. The van der Waals surface area contributed by atoms with E-state index in [1.165, 1.54) is 31.4 Å². The highest BCUT2D eigenvalue weighted by Crippen LogP contribution is 2.34. The zero-order chi connectivity index (χ0) is 21.2. The Labute approximate surface area is 164 Å². The maximum absolute atomic E-state index is 13.2. The van der Waals surface area contributed by atoms with Crippen LogP contribution in [0.4, 0.5) is 13.2 Å². The summed E-state index contributed by atoms with van der Waals surface area (Å²) in [7, 11) is -2.84. The molecular weight excluding hydrogens is 413 g/mol. The third-order valence-corrected chi connectivity index (χ3v) is 4.26. The monoisotopic (exact) mass is 428 g/mol. The second-order valence-corrected chi connectivity index (χ2v) is 7.29. The Bertz CT molecular complexity index is 1090. The molecule has 11 heteroatoms. The molecule has 3 aromatic rings. The van der Waals surface area contributed by atoms with Gasteiger partial charge < -0.3 is 9.47 Å². The molecule has 0 aliphatic carbocycles. The molecule has 0 fully saturated rings. The van der Waals surface area contributed by atoms with Gasteiger partial charge in [0.1, 0.15) is 11.5 Å². The predicted octanol–water partition coefficient (Wildman–Crippen LogP) is 3.79. The SMILES string of the molecule is COc1ccc(-n2nc(C(F)(F)F)cc2-c2ccc(OCS(=O)(=O)O)cc2)cc1. The number of hydrogen-bond acceptors (Lipinski definition) is 5. The second-order valence-electron chi connectivity index (χ2n) is 5.89. The highest BCUT2D eigenvalue weighted by atomic mass is 32.2. The fourth-order valence-electron chi connectivity index (χ4n) is 2.51. The maximum Gasteiger partial charge on any atom is 0.435 e. The minimum absolute atomic E-state index is 0.123. The van der Waals surface area contributed by atoms with Gasteiger partial charge in [0.25, 0.3) is 0 Å².